The first kappa shape index (κ1) is 10.9. The highest BCUT2D eigenvalue weighted by atomic mass is 16.5. The molecule has 0 saturated carbocycles. The van der Waals surface area contributed by atoms with Crippen LogP contribution in [0.1, 0.15) is 5.56 Å². The summed E-state index contributed by atoms with van der Waals surface area (Å²) in [6.45, 7) is 0.0343. The van der Waals surface area contributed by atoms with Crippen LogP contribution in [0.15, 0.2) is 47.5 Å². The second-order valence-electron chi connectivity index (χ2n) is 2.67. The second kappa shape index (κ2) is 5.54. The van der Waals surface area contributed by atoms with Crippen molar-refractivity contribution in [2.24, 2.45) is 5.18 Å². The minimum absolute atomic E-state index is 0.0343. The van der Waals surface area contributed by atoms with Crippen LogP contribution in [0.2, 0.25) is 0 Å². The van der Waals surface area contributed by atoms with Crippen molar-refractivity contribution < 1.29 is 14.6 Å². The molecule has 0 radical (unpaired) electrons. The first-order valence-corrected chi connectivity index (χ1v) is 4.16. The Morgan fingerprint density at radius 2 is 2.07 bits per heavy atom. The second-order valence-corrected chi connectivity index (χ2v) is 2.67. The van der Waals surface area contributed by atoms with Gasteiger partial charge in [-0.2, -0.15) is 0 Å². The zero-order valence-corrected chi connectivity index (χ0v) is 7.79. The predicted octanol–water partition coefficient (Wildman–Crippen LogP) is 1.90. The highest BCUT2D eigenvalue weighted by Gasteiger charge is 2.11. The van der Waals surface area contributed by atoms with E-state index in [2.05, 4.69) is 5.18 Å². The number of carbonyl (C=O) groups excluding carboxylic acids is 1. The number of aliphatic hydroxyl groups is 1. The molecule has 0 heterocycles. The van der Waals surface area contributed by atoms with E-state index in [0.717, 1.165) is 5.56 Å². The number of benzene rings is 1. The van der Waals surface area contributed by atoms with Gasteiger partial charge in [-0.3, -0.25) is 0 Å². The number of rotatable bonds is 4. The Morgan fingerprint density at radius 3 is 2.60 bits per heavy atom. The number of ether oxygens (including phenoxy) is 1. The fourth-order valence-corrected chi connectivity index (χ4v) is 0.911. The van der Waals surface area contributed by atoms with Crippen molar-refractivity contribution in [1.29, 1.82) is 0 Å². The molecule has 0 spiro atoms. The minimum atomic E-state index is -0.948. The average Bonchev–Trinajstić information content (AvgIpc) is 2.29. The summed E-state index contributed by atoms with van der Waals surface area (Å²) in [6.07, 6.45) is 0.320. The molecule has 15 heavy (non-hydrogen) atoms. The Hall–Kier alpha value is -2.17. The number of carbonyl (C=O) groups is 1. The highest BCUT2D eigenvalue weighted by molar-refractivity contribution is 5.87. The first-order chi connectivity index (χ1) is 7.27. The summed E-state index contributed by atoms with van der Waals surface area (Å²) in [5.74, 6) is -0.948. The van der Waals surface area contributed by atoms with Gasteiger partial charge in [0.2, 0.25) is 5.70 Å². The zero-order chi connectivity index (χ0) is 11.1. The SMILES string of the molecule is O=N/C(=C\O)C(=O)OCc1ccccc1. The molecule has 0 atom stereocenters. The number of nitroso groups, excluding NO2 is 1. The van der Waals surface area contributed by atoms with Crippen LogP contribution in [-0.2, 0) is 16.1 Å². The van der Waals surface area contributed by atoms with Crippen molar-refractivity contribution in [2.45, 2.75) is 6.61 Å². The number of hydrogen-bond acceptors (Lipinski definition) is 5. The summed E-state index contributed by atoms with van der Waals surface area (Å²) < 4.78 is 4.71. The van der Waals surface area contributed by atoms with E-state index >= 15 is 0 Å². The summed E-state index contributed by atoms with van der Waals surface area (Å²) in [5, 5.41) is 10.7. The molecule has 0 amide bonds. The van der Waals surface area contributed by atoms with Gasteiger partial charge in [0, 0.05) is 0 Å². The summed E-state index contributed by atoms with van der Waals surface area (Å²) in [4.78, 5) is 21.0. The fourth-order valence-electron chi connectivity index (χ4n) is 0.911. The maximum absolute atomic E-state index is 11.0. The summed E-state index contributed by atoms with van der Waals surface area (Å²) in [6, 6.07) is 8.96. The molecule has 1 aromatic carbocycles. The predicted molar refractivity (Wildman–Crippen MR) is 52.7 cm³/mol. The molecule has 0 saturated heterocycles. The van der Waals surface area contributed by atoms with Crippen molar-refractivity contribution in [1.82, 2.24) is 0 Å². The largest absolute Gasteiger partial charge is 0.513 e. The first-order valence-electron chi connectivity index (χ1n) is 4.16. The van der Waals surface area contributed by atoms with Gasteiger partial charge in [-0.1, -0.05) is 30.3 Å². The molecule has 5 heteroatoms. The Bertz CT molecular complexity index is 372. The van der Waals surface area contributed by atoms with Gasteiger partial charge in [-0.25, -0.2) is 4.79 Å². The monoisotopic (exact) mass is 207 g/mol. The smallest absolute Gasteiger partial charge is 0.364 e. The topological polar surface area (TPSA) is 76.0 Å². The van der Waals surface area contributed by atoms with Crippen LogP contribution in [0, 0.1) is 4.91 Å². The van der Waals surface area contributed by atoms with E-state index < -0.39 is 11.7 Å². The van der Waals surface area contributed by atoms with Crippen molar-refractivity contribution in [3.63, 3.8) is 0 Å². The Labute approximate surface area is 86.0 Å². The molecular formula is C10H9NO4. The lowest BCUT2D eigenvalue weighted by Crippen LogP contribution is -2.06. The van der Waals surface area contributed by atoms with E-state index in [1.54, 1.807) is 24.3 Å². The number of nitrogens with zero attached hydrogens (tertiary/aromatic N) is 1. The molecular weight excluding hydrogens is 198 g/mol. The molecule has 1 rings (SSSR count). The summed E-state index contributed by atoms with van der Waals surface area (Å²) in [5.41, 5.74) is 0.139. The molecule has 0 unspecified atom stereocenters. The lowest BCUT2D eigenvalue weighted by Gasteiger charge is -2.02. The van der Waals surface area contributed by atoms with Crippen molar-refractivity contribution >= 4 is 5.97 Å². The third kappa shape index (κ3) is 3.22. The summed E-state index contributed by atoms with van der Waals surface area (Å²) >= 11 is 0. The van der Waals surface area contributed by atoms with Gasteiger partial charge >= 0.3 is 5.97 Å². The van der Waals surface area contributed by atoms with Gasteiger partial charge in [0.05, 0.1) is 0 Å². The quantitative estimate of drug-likeness (QED) is 0.354. The number of aliphatic hydroxyl groups excluding tert-OH is 1. The van der Waals surface area contributed by atoms with Gasteiger partial charge in [-0.05, 0) is 10.7 Å². The van der Waals surface area contributed by atoms with Gasteiger partial charge in [0.15, 0.2) is 0 Å². The van der Waals surface area contributed by atoms with Crippen LogP contribution in [0.4, 0.5) is 0 Å². The maximum atomic E-state index is 11.0. The third-order valence-corrected chi connectivity index (χ3v) is 1.64. The Balaban J connectivity index is 2.51. The van der Waals surface area contributed by atoms with E-state index in [9.17, 15) is 9.70 Å². The Kier molecular flexibility index (Phi) is 4.03. The van der Waals surface area contributed by atoms with E-state index in [4.69, 9.17) is 9.84 Å². The molecule has 0 aliphatic heterocycles. The van der Waals surface area contributed by atoms with Crippen molar-refractivity contribution in [2.75, 3.05) is 0 Å². The zero-order valence-electron chi connectivity index (χ0n) is 7.79. The van der Waals surface area contributed by atoms with Crippen LogP contribution in [-0.4, -0.2) is 11.1 Å². The summed E-state index contributed by atoms with van der Waals surface area (Å²) in [7, 11) is 0. The van der Waals surface area contributed by atoms with Gasteiger partial charge in [-0.15, -0.1) is 4.91 Å². The normalized spacial score (nSPS) is 10.8. The van der Waals surface area contributed by atoms with Crippen LogP contribution in [0.5, 0.6) is 0 Å². The standard InChI is InChI=1S/C10H9NO4/c12-6-9(11-14)10(13)15-7-8-4-2-1-3-5-8/h1-6,12H,7H2/b9-6-. The fraction of sp³-hybridized carbons (Fsp3) is 0.100. The van der Waals surface area contributed by atoms with Gasteiger partial charge < -0.3 is 9.84 Å². The molecule has 0 fully saturated rings. The molecule has 0 bridgehead atoms. The molecule has 0 aromatic heterocycles. The van der Waals surface area contributed by atoms with Gasteiger partial charge in [0.1, 0.15) is 12.9 Å². The third-order valence-electron chi connectivity index (χ3n) is 1.64. The van der Waals surface area contributed by atoms with Crippen molar-refractivity contribution in [3.8, 4) is 0 Å². The molecule has 0 aliphatic rings. The lowest BCUT2D eigenvalue weighted by atomic mass is 10.2. The molecule has 0 aliphatic carbocycles. The van der Waals surface area contributed by atoms with Crippen LogP contribution in [0.3, 0.4) is 0 Å². The van der Waals surface area contributed by atoms with E-state index in [1.807, 2.05) is 6.07 Å². The molecule has 5 nitrogen and oxygen atoms in total. The van der Waals surface area contributed by atoms with Crippen LogP contribution < -0.4 is 0 Å². The van der Waals surface area contributed by atoms with E-state index in [-0.39, 0.29) is 6.61 Å². The molecule has 78 valence electrons. The molecule has 1 N–H and O–H groups in total. The average molecular weight is 207 g/mol. The minimum Gasteiger partial charge on any atom is -0.513 e. The molecule has 1 aromatic rings. The van der Waals surface area contributed by atoms with Crippen molar-refractivity contribution in [3.05, 3.63) is 52.8 Å². The highest BCUT2D eigenvalue weighted by Crippen LogP contribution is 2.04. The van der Waals surface area contributed by atoms with E-state index in [0.29, 0.717) is 6.26 Å². The number of hydrogen-bond donors (Lipinski definition) is 1. The maximum Gasteiger partial charge on any atom is 0.364 e. The lowest BCUT2D eigenvalue weighted by molar-refractivity contribution is -0.140. The number of esters is 1. The van der Waals surface area contributed by atoms with E-state index in [1.165, 1.54) is 0 Å². The Morgan fingerprint density at radius 1 is 1.40 bits per heavy atom. The van der Waals surface area contributed by atoms with Crippen LogP contribution in [0.25, 0.3) is 0 Å². The van der Waals surface area contributed by atoms with Crippen LogP contribution >= 0.6 is 0 Å². The van der Waals surface area contributed by atoms with Gasteiger partial charge in [0.25, 0.3) is 0 Å².